The van der Waals surface area contributed by atoms with E-state index in [1.165, 1.54) is 21.0 Å². The predicted octanol–water partition coefficient (Wildman–Crippen LogP) is 3.91. The Bertz CT molecular complexity index is 1260. The molecular formula is C23H22N6O2S2. The summed E-state index contributed by atoms with van der Waals surface area (Å²) < 4.78 is 0. The summed E-state index contributed by atoms with van der Waals surface area (Å²) in [6, 6.07) is 11.7. The van der Waals surface area contributed by atoms with Gasteiger partial charge in [-0.1, -0.05) is 30.3 Å². The normalized spacial score (nSPS) is 12.8. The first-order chi connectivity index (χ1) is 16.2. The van der Waals surface area contributed by atoms with Crippen LogP contribution >= 0.6 is 22.7 Å². The van der Waals surface area contributed by atoms with Crippen LogP contribution in [0.25, 0.3) is 11.4 Å². The van der Waals surface area contributed by atoms with Gasteiger partial charge < -0.3 is 10.6 Å². The number of hydrogen-bond acceptors (Lipinski definition) is 7. The van der Waals surface area contributed by atoms with Gasteiger partial charge >= 0.3 is 0 Å². The lowest BCUT2D eigenvalue weighted by atomic mass is 9.95. The molecule has 3 aromatic heterocycles. The summed E-state index contributed by atoms with van der Waals surface area (Å²) in [5.74, 6) is 0.0313. The fraction of sp³-hybridized carbons (Fsp3) is 0.261. The lowest BCUT2D eigenvalue weighted by Gasteiger charge is -2.13. The molecule has 1 aliphatic carbocycles. The average molecular weight is 479 g/mol. The summed E-state index contributed by atoms with van der Waals surface area (Å²) in [5.41, 5.74) is 3.55. The molecule has 5 rings (SSSR count). The van der Waals surface area contributed by atoms with Crippen molar-refractivity contribution in [3.8, 4) is 11.4 Å². The second kappa shape index (κ2) is 9.63. The molecule has 0 saturated carbocycles. The van der Waals surface area contributed by atoms with E-state index in [0.717, 1.165) is 42.4 Å². The van der Waals surface area contributed by atoms with Crippen molar-refractivity contribution in [2.24, 2.45) is 0 Å². The van der Waals surface area contributed by atoms with Crippen LogP contribution in [0, 0.1) is 0 Å². The van der Waals surface area contributed by atoms with E-state index in [9.17, 15) is 9.59 Å². The van der Waals surface area contributed by atoms with Crippen LogP contribution < -0.4 is 10.6 Å². The third-order valence-corrected chi connectivity index (χ3v) is 7.35. The van der Waals surface area contributed by atoms with Gasteiger partial charge in [0.25, 0.3) is 5.91 Å². The molecule has 1 aromatic carbocycles. The summed E-state index contributed by atoms with van der Waals surface area (Å²) in [5, 5.41) is 22.7. The second-order valence-electron chi connectivity index (χ2n) is 7.79. The topological polar surface area (TPSA) is 102 Å². The highest BCUT2D eigenvalue weighted by atomic mass is 32.1. The zero-order chi connectivity index (χ0) is 22.6. The standard InChI is InChI=1S/C23H22N6O2S2/c30-19(13-29-27-21(26-28-29)16-10-11-32-14-16)25-23-20(17-8-4-5-9-18(17)33-23)22(31)24-12-15-6-2-1-3-7-15/h1-3,6-7,10-11,14H,4-5,8-9,12-13H2,(H,24,31)(H,25,30). The number of aromatic nitrogens is 4. The molecular weight excluding hydrogens is 456 g/mol. The first-order valence-electron chi connectivity index (χ1n) is 10.7. The van der Waals surface area contributed by atoms with Crippen LogP contribution in [0.1, 0.15) is 39.2 Å². The zero-order valence-electron chi connectivity index (χ0n) is 17.8. The van der Waals surface area contributed by atoms with Crippen LogP contribution in [0.4, 0.5) is 5.00 Å². The Hall–Kier alpha value is -3.37. The van der Waals surface area contributed by atoms with Gasteiger partial charge in [-0.25, -0.2) is 0 Å². The quantitative estimate of drug-likeness (QED) is 0.419. The molecule has 3 heterocycles. The molecule has 4 aromatic rings. The fourth-order valence-corrected chi connectivity index (χ4v) is 5.81. The van der Waals surface area contributed by atoms with E-state index in [1.807, 2.05) is 47.2 Å². The number of nitrogens with one attached hydrogen (secondary N) is 2. The Labute approximate surface area is 198 Å². The number of thiophene rings is 2. The first kappa shape index (κ1) is 21.5. The summed E-state index contributed by atoms with van der Waals surface area (Å²) in [7, 11) is 0. The smallest absolute Gasteiger partial charge is 0.254 e. The highest BCUT2D eigenvalue weighted by Crippen LogP contribution is 2.38. The number of fused-ring (bicyclic) bond motifs is 1. The number of aryl methyl sites for hydroxylation is 1. The number of carbonyl (C=O) groups excluding carboxylic acids is 2. The number of benzene rings is 1. The lowest BCUT2D eigenvalue weighted by Crippen LogP contribution is -2.26. The predicted molar refractivity (Wildman–Crippen MR) is 128 cm³/mol. The minimum Gasteiger partial charge on any atom is -0.348 e. The van der Waals surface area contributed by atoms with E-state index in [-0.39, 0.29) is 18.4 Å². The number of nitrogens with zero attached hydrogens (tertiary/aromatic N) is 4. The Morgan fingerprint density at radius 1 is 1.09 bits per heavy atom. The van der Waals surface area contributed by atoms with E-state index in [0.29, 0.717) is 22.9 Å². The molecule has 1 aliphatic rings. The number of tetrazole rings is 1. The monoisotopic (exact) mass is 478 g/mol. The number of rotatable bonds is 7. The third kappa shape index (κ3) is 4.86. The molecule has 0 aliphatic heterocycles. The molecule has 2 amide bonds. The van der Waals surface area contributed by atoms with Gasteiger partial charge in [-0.3, -0.25) is 9.59 Å². The van der Waals surface area contributed by atoms with Crippen LogP contribution in [0.5, 0.6) is 0 Å². The lowest BCUT2D eigenvalue weighted by molar-refractivity contribution is -0.117. The van der Waals surface area contributed by atoms with Crippen LogP contribution in [-0.4, -0.2) is 32.0 Å². The van der Waals surface area contributed by atoms with Crippen molar-refractivity contribution in [3.63, 3.8) is 0 Å². The van der Waals surface area contributed by atoms with E-state index in [2.05, 4.69) is 26.0 Å². The van der Waals surface area contributed by atoms with Crippen molar-refractivity contribution in [3.05, 3.63) is 68.7 Å². The fourth-order valence-electron chi connectivity index (χ4n) is 3.87. The van der Waals surface area contributed by atoms with Gasteiger partial charge in [-0.15, -0.1) is 21.5 Å². The minimum atomic E-state index is -0.292. The maximum Gasteiger partial charge on any atom is 0.254 e. The molecule has 168 valence electrons. The van der Waals surface area contributed by atoms with Crippen molar-refractivity contribution in [2.45, 2.75) is 38.8 Å². The van der Waals surface area contributed by atoms with Gasteiger partial charge in [0.15, 0.2) is 0 Å². The summed E-state index contributed by atoms with van der Waals surface area (Å²) in [6.45, 7) is 0.358. The number of amides is 2. The van der Waals surface area contributed by atoms with E-state index >= 15 is 0 Å². The molecule has 0 bridgehead atoms. The Morgan fingerprint density at radius 3 is 2.76 bits per heavy atom. The molecule has 0 spiro atoms. The molecule has 8 nitrogen and oxygen atoms in total. The molecule has 0 atom stereocenters. The van der Waals surface area contributed by atoms with Crippen molar-refractivity contribution in [1.29, 1.82) is 0 Å². The Morgan fingerprint density at radius 2 is 1.94 bits per heavy atom. The molecule has 0 unspecified atom stereocenters. The van der Waals surface area contributed by atoms with Crippen LogP contribution in [-0.2, 0) is 30.7 Å². The van der Waals surface area contributed by atoms with Crippen LogP contribution in [0.2, 0.25) is 0 Å². The summed E-state index contributed by atoms with van der Waals surface area (Å²) in [6.07, 6.45) is 3.93. The van der Waals surface area contributed by atoms with Gasteiger partial charge in [0.05, 0.1) is 5.56 Å². The molecule has 0 radical (unpaired) electrons. The molecule has 0 saturated heterocycles. The minimum absolute atomic E-state index is 0.0786. The van der Waals surface area contributed by atoms with Gasteiger partial charge in [0.2, 0.25) is 11.7 Å². The Kier molecular flexibility index (Phi) is 6.27. The molecule has 10 heteroatoms. The van der Waals surface area contributed by atoms with Crippen molar-refractivity contribution < 1.29 is 9.59 Å². The van der Waals surface area contributed by atoms with Crippen molar-refractivity contribution in [1.82, 2.24) is 25.5 Å². The van der Waals surface area contributed by atoms with Gasteiger partial charge in [-0.05, 0) is 53.5 Å². The van der Waals surface area contributed by atoms with E-state index in [4.69, 9.17) is 0 Å². The van der Waals surface area contributed by atoms with Gasteiger partial charge in [0, 0.05) is 22.4 Å². The Balaban J connectivity index is 1.31. The highest BCUT2D eigenvalue weighted by molar-refractivity contribution is 7.17. The summed E-state index contributed by atoms with van der Waals surface area (Å²) in [4.78, 5) is 28.4. The zero-order valence-corrected chi connectivity index (χ0v) is 19.4. The molecule has 33 heavy (non-hydrogen) atoms. The number of carbonyl (C=O) groups is 2. The maximum absolute atomic E-state index is 13.2. The van der Waals surface area contributed by atoms with E-state index in [1.54, 1.807) is 11.3 Å². The third-order valence-electron chi connectivity index (χ3n) is 5.46. The highest BCUT2D eigenvalue weighted by Gasteiger charge is 2.26. The van der Waals surface area contributed by atoms with Crippen LogP contribution in [0.15, 0.2) is 47.2 Å². The number of hydrogen-bond donors (Lipinski definition) is 2. The SMILES string of the molecule is O=C(Cn1nnc(-c2ccsc2)n1)Nc1sc2c(c1C(=O)NCc1ccccc1)CCCC2. The van der Waals surface area contributed by atoms with E-state index < -0.39 is 0 Å². The van der Waals surface area contributed by atoms with Crippen LogP contribution in [0.3, 0.4) is 0 Å². The van der Waals surface area contributed by atoms with Gasteiger partial charge in [-0.2, -0.15) is 16.1 Å². The molecule has 0 fully saturated rings. The first-order valence-corrected chi connectivity index (χ1v) is 12.5. The second-order valence-corrected chi connectivity index (χ2v) is 9.67. The maximum atomic E-state index is 13.2. The van der Waals surface area contributed by atoms with Gasteiger partial charge in [0.1, 0.15) is 11.5 Å². The largest absolute Gasteiger partial charge is 0.348 e. The molecule has 2 N–H and O–H groups in total. The van der Waals surface area contributed by atoms with Crippen molar-refractivity contribution in [2.75, 3.05) is 5.32 Å². The average Bonchev–Trinajstić information content (AvgIpc) is 3.57. The summed E-state index contributed by atoms with van der Waals surface area (Å²) >= 11 is 3.04. The number of anilines is 1. The van der Waals surface area contributed by atoms with Crippen molar-refractivity contribution >= 4 is 39.5 Å².